The first-order chi connectivity index (χ1) is 4.63. The van der Waals surface area contributed by atoms with Gasteiger partial charge >= 0.3 is 11.9 Å². The van der Waals surface area contributed by atoms with Crippen LogP contribution < -0.4 is 0 Å². The van der Waals surface area contributed by atoms with Crippen LogP contribution in [0.3, 0.4) is 0 Å². The van der Waals surface area contributed by atoms with E-state index in [1.165, 1.54) is 0 Å². The summed E-state index contributed by atoms with van der Waals surface area (Å²) in [5.41, 5.74) is 0. The Kier molecular flexibility index (Phi) is 17.2. The molecule has 0 heterocycles. The van der Waals surface area contributed by atoms with Crippen LogP contribution in [-0.4, -0.2) is 39.5 Å². The van der Waals surface area contributed by atoms with Gasteiger partial charge < -0.3 is 10.2 Å². The maximum absolute atomic E-state index is 9.90. The minimum absolute atomic E-state index is 0. The summed E-state index contributed by atoms with van der Waals surface area (Å²) < 4.78 is 0. The van der Waals surface area contributed by atoms with Crippen molar-refractivity contribution in [2.45, 2.75) is 25.7 Å². The standard InChI is InChI=1S/C6H10O4.Al.Zr.3H/c7-5(8)3-1-2-4-6(9)10;;;;;/h1-4H2,(H,7,8)(H,9,10);;;;;. The van der Waals surface area contributed by atoms with E-state index in [-0.39, 0.29) is 56.4 Å². The molecule has 0 aromatic heterocycles. The maximum Gasteiger partial charge on any atom is 0.303 e. The quantitative estimate of drug-likeness (QED) is 0.522. The van der Waals surface area contributed by atoms with Gasteiger partial charge in [0, 0.05) is 39.0 Å². The number of hydrogen-bond donors (Lipinski definition) is 2. The Morgan fingerprint density at radius 1 is 0.917 bits per heavy atom. The molecule has 0 aromatic rings. The van der Waals surface area contributed by atoms with E-state index in [1.807, 2.05) is 0 Å². The Morgan fingerprint density at radius 2 is 1.17 bits per heavy atom. The van der Waals surface area contributed by atoms with Crippen LogP contribution in [0.5, 0.6) is 0 Å². The number of carboxylic acids is 2. The van der Waals surface area contributed by atoms with E-state index in [0.717, 1.165) is 0 Å². The van der Waals surface area contributed by atoms with Gasteiger partial charge in [-0.05, 0) is 12.8 Å². The number of carboxylic acid groups (broad SMARTS) is 2. The van der Waals surface area contributed by atoms with E-state index in [0.29, 0.717) is 12.8 Å². The average Bonchev–Trinajstić information content (AvgIpc) is 1.79. The summed E-state index contributed by atoms with van der Waals surface area (Å²) in [6, 6.07) is 0. The van der Waals surface area contributed by atoms with Crippen LogP contribution in [0, 0.1) is 0 Å². The summed E-state index contributed by atoms with van der Waals surface area (Å²) in [5, 5.41) is 16.3. The zero-order valence-electron chi connectivity index (χ0n) is 6.04. The number of hydrogen-bond acceptors (Lipinski definition) is 2. The van der Waals surface area contributed by atoms with Crippen LogP contribution in [-0.2, 0) is 35.8 Å². The van der Waals surface area contributed by atoms with Crippen molar-refractivity contribution in [1.29, 1.82) is 0 Å². The van der Waals surface area contributed by atoms with Gasteiger partial charge in [0.25, 0.3) is 0 Å². The second kappa shape index (κ2) is 11.4. The van der Waals surface area contributed by atoms with Gasteiger partial charge in [0.1, 0.15) is 0 Å². The van der Waals surface area contributed by atoms with E-state index in [1.54, 1.807) is 0 Å². The van der Waals surface area contributed by atoms with Gasteiger partial charge in [0.15, 0.2) is 17.4 Å². The molecule has 6 heteroatoms. The molecule has 0 saturated carbocycles. The molecule has 0 bridgehead atoms. The topological polar surface area (TPSA) is 74.6 Å². The fourth-order valence-corrected chi connectivity index (χ4v) is 0.552. The predicted octanol–water partition coefficient (Wildman–Crippen LogP) is -0.470. The van der Waals surface area contributed by atoms with Gasteiger partial charge in [-0.1, -0.05) is 0 Å². The van der Waals surface area contributed by atoms with Crippen LogP contribution in [0.15, 0.2) is 0 Å². The van der Waals surface area contributed by atoms with Crippen molar-refractivity contribution in [2.24, 2.45) is 0 Å². The van der Waals surface area contributed by atoms with Crippen molar-refractivity contribution in [1.82, 2.24) is 0 Å². The largest absolute Gasteiger partial charge is 0.481 e. The number of carbonyl (C=O) groups is 2. The first-order valence-electron chi connectivity index (χ1n) is 3.06. The molecule has 0 unspecified atom stereocenters. The zero-order valence-corrected chi connectivity index (χ0v) is 8.50. The van der Waals surface area contributed by atoms with Crippen molar-refractivity contribution in [3.05, 3.63) is 0 Å². The molecule has 12 heavy (non-hydrogen) atoms. The molecule has 2 N–H and O–H groups in total. The predicted molar refractivity (Wildman–Crippen MR) is 43.7 cm³/mol. The van der Waals surface area contributed by atoms with Crippen LogP contribution in [0.4, 0.5) is 0 Å². The fourth-order valence-electron chi connectivity index (χ4n) is 0.552. The monoisotopic (exact) mass is 266 g/mol. The molecule has 4 nitrogen and oxygen atoms in total. The third-order valence-corrected chi connectivity index (χ3v) is 1.03. The molecule has 0 aromatic carbocycles. The van der Waals surface area contributed by atoms with Crippen LogP contribution in [0.2, 0.25) is 0 Å². The molecule has 0 amide bonds. The third-order valence-electron chi connectivity index (χ3n) is 1.03. The molecule has 0 fully saturated rings. The normalized spacial score (nSPS) is 7.67. The smallest absolute Gasteiger partial charge is 0.303 e. The molecule has 0 saturated heterocycles. The Balaban J connectivity index is -0.000000405. The average molecular weight is 267 g/mol. The molecular formula is C6H13AlO4Zr. The Bertz CT molecular complexity index is 124. The maximum atomic E-state index is 9.90. The van der Waals surface area contributed by atoms with E-state index >= 15 is 0 Å². The molecule has 0 atom stereocenters. The second-order valence-corrected chi connectivity index (χ2v) is 1.99. The number of rotatable bonds is 5. The summed E-state index contributed by atoms with van der Waals surface area (Å²) in [5.74, 6) is -1.74. The molecule has 0 aliphatic rings. The third kappa shape index (κ3) is 16.8. The first-order valence-corrected chi connectivity index (χ1v) is 3.06. The van der Waals surface area contributed by atoms with E-state index in [4.69, 9.17) is 10.2 Å². The van der Waals surface area contributed by atoms with Gasteiger partial charge in [-0.15, -0.1) is 0 Å². The van der Waals surface area contributed by atoms with Crippen molar-refractivity contribution in [2.75, 3.05) is 0 Å². The van der Waals surface area contributed by atoms with Crippen LogP contribution in [0.1, 0.15) is 25.7 Å². The van der Waals surface area contributed by atoms with Gasteiger partial charge in [0.05, 0.1) is 0 Å². The molecule has 68 valence electrons. The van der Waals surface area contributed by atoms with Gasteiger partial charge in [-0.25, -0.2) is 0 Å². The van der Waals surface area contributed by atoms with Crippen molar-refractivity contribution >= 4 is 29.3 Å². The zero-order chi connectivity index (χ0) is 7.98. The Labute approximate surface area is 101 Å². The Morgan fingerprint density at radius 3 is 1.33 bits per heavy atom. The summed E-state index contributed by atoms with van der Waals surface area (Å²) in [6.07, 6.45) is 1.02. The van der Waals surface area contributed by atoms with E-state index in [9.17, 15) is 9.59 Å². The molecule has 0 aliphatic heterocycles. The summed E-state index contributed by atoms with van der Waals surface area (Å²) in [6.45, 7) is 0. The molecule has 0 spiro atoms. The number of aliphatic carboxylic acids is 2. The number of unbranched alkanes of at least 4 members (excludes halogenated alkanes) is 1. The van der Waals surface area contributed by atoms with Crippen molar-refractivity contribution < 1.29 is 46.0 Å². The fraction of sp³-hybridized carbons (Fsp3) is 0.667. The summed E-state index contributed by atoms with van der Waals surface area (Å²) in [7, 11) is 0. The van der Waals surface area contributed by atoms with Crippen molar-refractivity contribution in [3.63, 3.8) is 0 Å². The minimum atomic E-state index is -0.870. The summed E-state index contributed by atoms with van der Waals surface area (Å²) in [4.78, 5) is 19.8. The van der Waals surface area contributed by atoms with Crippen LogP contribution >= 0.6 is 0 Å². The van der Waals surface area contributed by atoms with E-state index in [2.05, 4.69) is 0 Å². The van der Waals surface area contributed by atoms with Gasteiger partial charge in [-0.2, -0.15) is 0 Å². The second-order valence-electron chi connectivity index (χ2n) is 1.99. The molecule has 0 aliphatic carbocycles. The van der Waals surface area contributed by atoms with Gasteiger partial charge in [0.2, 0.25) is 0 Å². The van der Waals surface area contributed by atoms with Crippen molar-refractivity contribution in [3.8, 4) is 0 Å². The SMILES string of the molecule is O=C(O)CCCCC(=O)O.[AlH3].[Zr]. The van der Waals surface area contributed by atoms with Gasteiger partial charge in [-0.3, -0.25) is 9.59 Å². The van der Waals surface area contributed by atoms with E-state index < -0.39 is 11.9 Å². The molecular weight excluding hydrogens is 254 g/mol. The first kappa shape index (κ1) is 18.2. The minimum Gasteiger partial charge on any atom is -0.481 e. The Hall–Kier alpha value is 0.356. The molecule has 0 rings (SSSR count). The van der Waals surface area contributed by atoms with Crippen LogP contribution in [0.25, 0.3) is 0 Å². The molecule has 0 radical (unpaired) electrons. The summed E-state index contributed by atoms with van der Waals surface area (Å²) >= 11 is 0.